The summed E-state index contributed by atoms with van der Waals surface area (Å²) in [6, 6.07) is 0. The van der Waals surface area contributed by atoms with E-state index in [1.54, 1.807) is 0 Å². The Hall–Kier alpha value is -0.830. The number of carbonyl (C=O) groups excluding carboxylic acids is 1. The molecule has 0 heterocycles. The summed E-state index contributed by atoms with van der Waals surface area (Å²) in [7, 11) is 0. The van der Waals surface area contributed by atoms with Crippen LogP contribution in [0.15, 0.2) is 12.2 Å². The molecular formula is C24H44O3. The van der Waals surface area contributed by atoms with Gasteiger partial charge < -0.3 is 9.84 Å². The van der Waals surface area contributed by atoms with Crippen molar-refractivity contribution in [3.63, 3.8) is 0 Å². The molecule has 158 valence electrons. The predicted octanol–water partition coefficient (Wildman–Crippen LogP) is 6.15. The summed E-state index contributed by atoms with van der Waals surface area (Å²) < 4.78 is 5.75. The number of aliphatic hydroxyl groups is 1. The first kappa shape index (κ1) is 24.2. The molecule has 1 saturated carbocycles. The lowest BCUT2D eigenvalue weighted by molar-refractivity contribution is -0.154. The van der Waals surface area contributed by atoms with Crippen LogP contribution < -0.4 is 0 Å². The topological polar surface area (TPSA) is 46.5 Å². The fourth-order valence-corrected chi connectivity index (χ4v) is 4.41. The summed E-state index contributed by atoms with van der Waals surface area (Å²) >= 11 is 0. The molecule has 0 aliphatic heterocycles. The lowest BCUT2D eigenvalue weighted by atomic mass is 9.72. The second kappa shape index (κ2) is 9.11. The van der Waals surface area contributed by atoms with Gasteiger partial charge in [-0.15, -0.1) is 0 Å². The van der Waals surface area contributed by atoms with Crippen LogP contribution >= 0.6 is 0 Å². The van der Waals surface area contributed by atoms with Crippen LogP contribution in [-0.4, -0.2) is 23.3 Å². The fourth-order valence-electron chi connectivity index (χ4n) is 4.41. The molecule has 1 aliphatic carbocycles. The van der Waals surface area contributed by atoms with E-state index in [0.29, 0.717) is 24.9 Å². The smallest absolute Gasteiger partial charge is 0.309 e. The van der Waals surface area contributed by atoms with E-state index in [2.05, 4.69) is 55.0 Å². The van der Waals surface area contributed by atoms with E-state index in [9.17, 15) is 9.90 Å². The largest absolute Gasteiger partial charge is 0.465 e. The molecule has 0 saturated heterocycles. The molecule has 1 rings (SSSR count). The molecule has 0 aromatic rings. The van der Waals surface area contributed by atoms with E-state index in [1.807, 2.05) is 6.92 Å². The van der Waals surface area contributed by atoms with Gasteiger partial charge in [0.2, 0.25) is 0 Å². The Bertz CT molecular complexity index is 509. The average Bonchev–Trinajstić information content (AvgIpc) is 2.83. The lowest BCUT2D eigenvalue weighted by Gasteiger charge is -2.34. The fraction of sp³-hybridized carbons (Fsp3) is 0.875. The highest BCUT2D eigenvalue weighted by Crippen LogP contribution is 2.45. The standard InChI is InChI=1S/C24H44O3/c1-10-18(19-15-24(26,11-2)14-17(19)3)12-13-27-21(25)20(23(7,8)9)16-22(4,5)6/h18-20,26H,3,10-16H2,1-2,4-9H3. The molecule has 4 unspecified atom stereocenters. The summed E-state index contributed by atoms with van der Waals surface area (Å²) in [5.74, 6) is 0.597. The Kier molecular flexibility index (Phi) is 8.17. The van der Waals surface area contributed by atoms with Crippen molar-refractivity contribution in [3.8, 4) is 0 Å². The van der Waals surface area contributed by atoms with Crippen LogP contribution in [0, 0.1) is 28.6 Å². The van der Waals surface area contributed by atoms with Gasteiger partial charge in [-0.05, 0) is 54.8 Å². The highest BCUT2D eigenvalue weighted by atomic mass is 16.5. The molecule has 1 N–H and O–H groups in total. The second-order valence-corrected chi connectivity index (χ2v) is 11.0. The minimum absolute atomic E-state index is 0.0670. The molecule has 0 bridgehead atoms. The van der Waals surface area contributed by atoms with Gasteiger partial charge in [-0.1, -0.05) is 74.0 Å². The van der Waals surface area contributed by atoms with Crippen molar-refractivity contribution in [2.24, 2.45) is 28.6 Å². The molecule has 1 aliphatic rings. The summed E-state index contributed by atoms with van der Waals surface area (Å²) in [6.45, 7) is 21.8. The van der Waals surface area contributed by atoms with E-state index in [-0.39, 0.29) is 22.7 Å². The van der Waals surface area contributed by atoms with Crippen LogP contribution in [0.4, 0.5) is 0 Å². The van der Waals surface area contributed by atoms with Crippen LogP contribution in [0.3, 0.4) is 0 Å². The minimum atomic E-state index is -0.587. The Balaban J connectivity index is 2.65. The number of carbonyl (C=O) groups is 1. The van der Waals surface area contributed by atoms with Gasteiger partial charge in [0.1, 0.15) is 0 Å². The van der Waals surface area contributed by atoms with Crippen molar-refractivity contribution < 1.29 is 14.6 Å². The summed E-state index contributed by atoms with van der Waals surface area (Å²) in [5.41, 5.74) is 0.564. The zero-order valence-corrected chi connectivity index (χ0v) is 19.2. The van der Waals surface area contributed by atoms with Crippen molar-refractivity contribution in [3.05, 3.63) is 12.2 Å². The Morgan fingerprint density at radius 2 is 1.85 bits per heavy atom. The van der Waals surface area contributed by atoms with Crippen molar-refractivity contribution >= 4 is 5.97 Å². The first-order chi connectivity index (χ1) is 12.2. The third-order valence-corrected chi connectivity index (χ3v) is 6.31. The van der Waals surface area contributed by atoms with Gasteiger partial charge >= 0.3 is 5.97 Å². The van der Waals surface area contributed by atoms with Gasteiger partial charge in [0.05, 0.1) is 18.1 Å². The highest BCUT2D eigenvalue weighted by molar-refractivity contribution is 5.73. The number of hydrogen-bond acceptors (Lipinski definition) is 3. The van der Waals surface area contributed by atoms with Crippen LogP contribution in [0.1, 0.15) is 93.9 Å². The van der Waals surface area contributed by atoms with Crippen LogP contribution in [0.5, 0.6) is 0 Å². The monoisotopic (exact) mass is 380 g/mol. The van der Waals surface area contributed by atoms with Gasteiger partial charge in [-0.3, -0.25) is 4.79 Å². The van der Waals surface area contributed by atoms with E-state index in [0.717, 1.165) is 37.7 Å². The lowest BCUT2D eigenvalue weighted by Crippen LogP contribution is -2.34. The molecular weight excluding hydrogens is 336 g/mol. The van der Waals surface area contributed by atoms with E-state index < -0.39 is 5.60 Å². The van der Waals surface area contributed by atoms with E-state index >= 15 is 0 Å². The Labute approximate surface area is 168 Å². The molecule has 0 radical (unpaired) electrons. The zero-order valence-electron chi connectivity index (χ0n) is 19.2. The first-order valence-corrected chi connectivity index (χ1v) is 10.8. The number of esters is 1. The Morgan fingerprint density at radius 1 is 1.26 bits per heavy atom. The average molecular weight is 381 g/mol. The maximum Gasteiger partial charge on any atom is 0.309 e. The van der Waals surface area contributed by atoms with Crippen molar-refractivity contribution in [2.45, 2.75) is 99.5 Å². The highest BCUT2D eigenvalue weighted by Gasteiger charge is 2.41. The molecule has 3 heteroatoms. The van der Waals surface area contributed by atoms with Crippen molar-refractivity contribution in [1.29, 1.82) is 0 Å². The van der Waals surface area contributed by atoms with Crippen molar-refractivity contribution in [1.82, 2.24) is 0 Å². The van der Waals surface area contributed by atoms with Gasteiger partial charge in [0, 0.05) is 0 Å². The van der Waals surface area contributed by atoms with Gasteiger partial charge in [0.25, 0.3) is 0 Å². The quantitative estimate of drug-likeness (QED) is 0.406. The number of ether oxygens (including phenoxy) is 1. The normalized spacial score (nSPS) is 26.1. The Morgan fingerprint density at radius 3 is 2.26 bits per heavy atom. The molecule has 27 heavy (non-hydrogen) atoms. The van der Waals surface area contributed by atoms with Crippen LogP contribution in [0.2, 0.25) is 0 Å². The summed E-state index contributed by atoms with van der Waals surface area (Å²) in [6.07, 6.45) is 4.97. The summed E-state index contributed by atoms with van der Waals surface area (Å²) in [5, 5.41) is 10.6. The molecule has 0 aromatic carbocycles. The van der Waals surface area contributed by atoms with Crippen molar-refractivity contribution in [2.75, 3.05) is 6.61 Å². The van der Waals surface area contributed by atoms with Gasteiger partial charge in [0.15, 0.2) is 0 Å². The minimum Gasteiger partial charge on any atom is -0.465 e. The maximum absolute atomic E-state index is 12.8. The predicted molar refractivity (Wildman–Crippen MR) is 113 cm³/mol. The third-order valence-electron chi connectivity index (χ3n) is 6.31. The van der Waals surface area contributed by atoms with Gasteiger partial charge in [-0.25, -0.2) is 0 Å². The van der Waals surface area contributed by atoms with E-state index in [4.69, 9.17) is 4.74 Å². The molecule has 0 spiro atoms. The zero-order chi connectivity index (χ0) is 21.0. The molecule has 1 fully saturated rings. The molecule has 3 nitrogen and oxygen atoms in total. The molecule has 4 atom stereocenters. The van der Waals surface area contributed by atoms with E-state index in [1.165, 1.54) is 0 Å². The molecule has 0 amide bonds. The van der Waals surface area contributed by atoms with Crippen LogP contribution in [-0.2, 0) is 9.53 Å². The summed E-state index contributed by atoms with van der Waals surface area (Å²) in [4.78, 5) is 12.8. The maximum atomic E-state index is 12.8. The number of hydrogen-bond donors (Lipinski definition) is 1. The SMILES string of the molecule is C=C1CC(O)(CC)CC1C(CC)CCOC(=O)C(CC(C)(C)C)C(C)(C)C. The first-order valence-electron chi connectivity index (χ1n) is 10.8. The third kappa shape index (κ3) is 7.25. The van der Waals surface area contributed by atoms with Gasteiger partial charge in [-0.2, -0.15) is 0 Å². The molecule has 0 aromatic heterocycles. The second-order valence-electron chi connectivity index (χ2n) is 11.0. The number of rotatable bonds is 8. The van der Waals surface area contributed by atoms with Crippen LogP contribution in [0.25, 0.3) is 0 Å².